The van der Waals surface area contributed by atoms with Crippen LogP contribution in [0, 0.1) is 0 Å². The summed E-state index contributed by atoms with van der Waals surface area (Å²) in [6.45, 7) is 2.47. The Hall–Kier alpha value is -2.21. The molecular formula is C15H14N2O3S. The molecule has 21 heavy (non-hydrogen) atoms. The van der Waals surface area contributed by atoms with Crippen LogP contribution in [0.2, 0.25) is 0 Å². The van der Waals surface area contributed by atoms with Gasteiger partial charge in [-0.25, -0.2) is 4.99 Å². The number of hydrogen-bond acceptors (Lipinski definition) is 4. The van der Waals surface area contributed by atoms with Crippen LogP contribution in [0.1, 0.15) is 24.6 Å². The van der Waals surface area contributed by atoms with Crippen LogP contribution < -0.4 is 15.4 Å². The molecule has 1 aromatic carbocycles. The van der Waals surface area contributed by atoms with Gasteiger partial charge in [-0.05, 0) is 12.5 Å². The molecule has 1 N–H and O–H groups in total. The lowest BCUT2D eigenvalue weighted by Crippen LogP contribution is -2.22. The van der Waals surface area contributed by atoms with Crippen LogP contribution in [0.15, 0.2) is 34.1 Å². The third-order valence-corrected chi connectivity index (χ3v) is 4.43. The second-order valence-electron chi connectivity index (χ2n) is 4.83. The highest BCUT2D eigenvalue weighted by molar-refractivity contribution is 7.11. The lowest BCUT2D eigenvalue weighted by Gasteiger charge is -2.02. The Bertz CT molecular complexity index is 892. The summed E-state index contributed by atoms with van der Waals surface area (Å²) in [5.41, 5.74) is 0.320. The molecule has 2 aromatic rings. The van der Waals surface area contributed by atoms with E-state index in [0.717, 1.165) is 24.2 Å². The van der Waals surface area contributed by atoms with E-state index in [4.69, 9.17) is 0 Å². The Morgan fingerprint density at radius 2 is 2.05 bits per heavy atom. The first-order chi connectivity index (χ1) is 10.1. The van der Waals surface area contributed by atoms with E-state index in [9.17, 15) is 14.7 Å². The fraction of sp³-hybridized carbons (Fsp3) is 0.267. The predicted molar refractivity (Wildman–Crippen MR) is 79.9 cm³/mol. The number of nitrogens with zero attached hydrogens (tertiary/aromatic N) is 2. The van der Waals surface area contributed by atoms with E-state index in [1.54, 1.807) is 24.3 Å². The molecule has 0 fully saturated rings. The summed E-state index contributed by atoms with van der Waals surface area (Å²) in [5.74, 6) is -0.538. The maximum absolute atomic E-state index is 12.1. The van der Waals surface area contributed by atoms with Crippen molar-refractivity contribution < 1.29 is 9.90 Å². The minimum absolute atomic E-state index is 0.131. The van der Waals surface area contributed by atoms with Gasteiger partial charge in [0.2, 0.25) is 5.88 Å². The van der Waals surface area contributed by atoms with E-state index in [2.05, 4.69) is 4.99 Å². The van der Waals surface area contributed by atoms with Gasteiger partial charge in [0, 0.05) is 11.8 Å². The number of amides is 1. The molecule has 0 radical (unpaired) electrons. The van der Waals surface area contributed by atoms with Gasteiger partial charge in [0.05, 0.1) is 10.9 Å². The average molecular weight is 302 g/mol. The second kappa shape index (κ2) is 5.29. The van der Waals surface area contributed by atoms with Crippen LogP contribution in [-0.4, -0.2) is 15.6 Å². The highest BCUT2D eigenvalue weighted by atomic mass is 32.1. The fourth-order valence-electron chi connectivity index (χ4n) is 2.36. The van der Waals surface area contributed by atoms with Crippen LogP contribution in [0.4, 0.5) is 0 Å². The van der Waals surface area contributed by atoms with Crippen molar-refractivity contribution in [1.82, 2.24) is 4.57 Å². The quantitative estimate of drug-likeness (QED) is 0.907. The van der Waals surface area contributed by atoms with Crippen molar-refractivity contribution in [3.05, 3.63) is 49.4 Å². The lowest BCUT2D eigenvalue weighted by molar-refractivity contribution is -0.112. The van der Waals surface area contributed by atoms with Crippen LogP contribution >= 0.6 is 11.3 Å². The molecule has 1 aliphatic rings. The van der Waals surface area contributed by atoms with Gasteiger partial charge in [0.25, 0.3) is 5.91 Å². The molecule has 1 aromatic heterocycles. The second-order valence-corrected chi connectivity index (χ2v) is 5.80. The number of carbonyl (C=O) groups excluding carboxylic acids is 1. The molecule has 0 bridgehead atoms. The van der Waals surface area contributed by atoms with Gasteiger partial charge in [-0.15, -0.1) is 0 Å². The first-order valence-electron chi connectivity index (χ1n) is 6.79. The first kappa shape index (κ1) is 13.8. The molecule has 3 rings (SSSR count). The molecular weight excluding hydrogens is 288 g/mol. The standard InChI is InChI=1S/C15H14N2O3S/c1-2-3-8-17-14(19)12(21-15(17)20)11-9-6-4-5-7-10(9)16-13(11)18/h4-7,19H,2-3,8H2,1H3. The average Bonchev–Trinajstić information content (AvgIpc) is 2.93. The van der Waals surface area contributed by atoms with Crippen molar-refractivity contribution in [3.63, 3.8) is 0 Å². The summed E-state index contributed by atoms with van der Waals surface area (Å²) in [5, 5.41) is 11.5. The van der Waals surface area contributed by atoms with Crippen LogP contribution in [0.3, 0.4) is 0 Å². The highest BCUT2D eigenvalue weighted by Crippen LogP contribution is 2.28. The Kier molecular flexibility index (Phi) is 3.47. The highest BCUT2D eigenvalue weighted by Gasteiger charge is 2.25. The topological polar surface area (TPSA) is 71.7 Å². The van der Waals surface area contributed by atoms with Crippen LogP contribution in [0.5, 0.6) is 5.88 Å². The molecule has 5 nitrogen and oxygen atoms in total. The van der Waals surface area contributed by atoms with Gasteiger partial charge in [0.1, 0.15) is 4.88 Å². The summed E-state index contributed by atoms with van der Waals surface area (Å²) >= 11 is 0.896. The van der Waals surface area contributed by atoms with Gasteiger partial charge in [0.15, 0.2) is 0 Å². The minimum Gasteiger partial charge on any atom is -0.493 e. The molecule has 0 aliphatic carbocycles. The molecule has 108 valence electrons. The number of fused-ring (bicyclic) bond motifs is 1. The molecule has 2 heterocycles. The summed E-state index contributed by atoms with van der Waals surface area (Å²) in [6.07, 6.45) is 1.72. The maximum Gasteiger partial charge on any atom is 0.310 e. The monoisotopic (exact) mass is 302 g/mol. The molecule has 0 saturated heterocycles. The van der Waals surface area contributed by atoms with Crippen molar-refractivity contribution in [3.8, 4) is 5.88 Å². The number of para-hydroxylation sites is 1. The zero-order chi connectivity index (χ0) is 15.0. The largest absolute Gasteiger partial charge is 0.493 e. The number of aromatic hydroxyl groups is 1. The van der Waals surface area contributed by atoms with Gasteiger partial charge in [-0.2, -0.15) is 0 Å². The molecule has 0 spiro atoms. The van der Waals surface area contributed by atoms with Crippen molar-refractivity contribution in [2.75, 3.05) is 0 Å². The Labute approximate surface area is 124 Å². The van der Waals surface area contributed by atoms with Gasteiger partial charge in [-0.1, -0.05) is 42.9 Å². The van der Waals surface area contributed by atoms with E-state index >= 15 is 0 Å². The zero-order valence-electron chi connectivity index (χ0n) is 11.5. The zero-order valence-corrected chi connectivity index (χ0v) is 12.3. The van der Waals surface area contributed by atoms with Gasteiger partial charge < -0.3 is 5.11 Å². The number of unbranched alkanes of at least 4 members (excludes halogenated alkanes) is 1. The third-order valence-electron chi connectivity index (χ3n) is 3.44. The summed E-state index contributed by atoms with van der Waals surface area (Å²) in [7, 11) is 0. The Morgan fingerprint density at radius 3 is 2.81 bits per heavy atom. The first-order valence-corrected chi connectivity index (χ1v) is 7.60. The van der Waals surface area contributed by atoms with Crippen LogP contribution in [0.25, 0.3) is 5.57 Å². The minimum atomic E-state index is -0.407. The van der Waals surface area contributed by atoms with Crippen molar-refractivity contribution >= 4 is 22.8 Å². The Balaban J connectivity index is 2.22. The molecule has 0 unspecified atom stereocenters. The smallest absolute Gasteiger partial charge is 0.310 e. The van der Waals surface area contributed by atoms with Gasteiger partial charge in [-0.3, -0.25) is 14.2 Å². The molecule has 1 aliphatic heterocycles. The van der Waals surface area contributed by atoms with Crippen LogP contribution in [-0.2, 0) is 11.3 Å². The number of rotatable bonds is 4. The van der Waals surface area contributed by atoms with E-state index in [1.807, 2.05) is 6.92 Å². The van der Waals surface area contributed by atoms with E-state index in [0.29, 0.717) is 27.6 Å². The number of benzene rings is 1. The third kappa shape index (κ3) is 2.21. The fourth-order valence-corrected chi connectivity index (χ4v) is 3.32. The summed E-state index contributed by atoms with van der Waals surface area (Å²) in [6, 6.07) is 7.13. The number of hydrogen-bond donors (Lipinski definition) is 1. The summed E-state index contributed by atoms with van der Waals surface area (Å²) < 4.78 is 1.32. The normalized spacial score (nSPS) is 13.4. The van der Waals surface area contributed by atoms with E-state index in [1.165, 1.54) is 4.57 Å². The molecule has 0 saturated carbocycles. The molecule has 0 atom stereocenters. The molecule has 6 heteroatoms. The summed E-state index contributed by atoms with van der Waals surface area (Å²) in [4.78, 5) is 28.1. The lowest BCUT2D eigenvalue weighted by atomic mass is 10.1. The SMILES string of the molecule is CCCCn1c(O)c(C2=c3ccccc3=NC2=O)sc1=O. The molecule has 1 amide bonds. The van der Waals surface area contributed by atoms with E-state index in [-0.39, 0.29) is 10.8 Å². The Morgan fingerprint density at radius 1 is 1.29 bits per heavy atom. The van der Waals surface area contributed by atoms with Crippen molar-refractivity contribution in [2.45, 2.75) is 26.3 Å². The number of thiazole rings is 1. The number of carbonyl (C=O) groups is 1. The predicted octanol–water partition coefficient (Wildman–Crippen LogP) is 0.774. The van der Waals surface area contributed by atoms with E-state index < -0.39 is 5.91 Å². The maximum atomic E-state index is 12.1. The number of aromatic nitrogens is 1. The van der Waals surface area contributed by atoms with Gasteiger partial charge >= 0.3 is 4.87 Å². The van der Waals surface area contributed by atoms with Crippen molar-refractivity contribution in [1.29, 1.82) is 0 Å². The van der Waals surface area contributed by atoms with Crippen molar-refractivity contribution in [2.24, 2.45) is 4.99 Å².